The summed E-state index contributed by atoms with van der Waals surface area (Å²) in [6.07, 6.45) is 2.20. The van der Waals surface area contributed by atoms with E-state index in [2.05, 4.69) is 20.4 Å². The Kier molecular flexibility index (Phi) is 7.19. The van der Waals surface area contributed by atoms with Gasteiger partial charge in [0.15, 0.2) is 0 Å². The zero-order valence-corrected chi connectivity index (χ0v) is 18.1. The average molecular weight is 455 g/mol. The molecule has 2 aromatic rings. The second kappa shape index (κ2) is 10.0. The summed E-state index contributed by atoms with van der Waals surface area (Å²) in [5, 5.41) is 12.8. The van der Waals surface area contributed by atoms with Gasteiger partial charge in [-0.15, -0.1) is 5.10 Å². The largest absolute Gasteiger partial charge is 0.376 e. The summed E-state index contributed by atoms with van der Waals surface area (Å²) in [4.78, 5) is 16.6. The molecule has 1 aromatic heterocycles. The van der Waals surface area contributed by atoms with E-state index in [0.29, 0.717) is 55.0 Å². The predicted octanol–water partition coefficient (Wildman–Crippen LogP) is 2.08. The lowest BCUT2D eigenvalue weighted by Crippen LogP contribution is -2.48. The standard InChI is InChI=1S/C19H24ClFN6O2S/c20-16-4-1-5-17(21)15(16)12-25-6-8-26(9-7-25)18(28)13-30-19-22-23-24-27(19)11-14-3-2-10-29-14/h1,4-5,14H,2-3,6-13H2. The first-order chi connectivity index (χ1) is 14.6. The maximum atomic E-state index is 14.0. The van der Waals surface area contributed by atoms with Crippen LogP contribution in [-0.2, 0) is 22.6 Å². The smallest absolute Gasteiger partial charge is 0.233 e. The van der Waals surface area contributed by atoms with Gasteiger partial charge in [-0.2, -0.15) is 0 Å². The lowest BCUT2D eigenvalue weighted by molar-refractivity contribution is -0.130. The van der Waals surface area contributed by atoms with Gasteiger partial charge in [-0.05, 0) is 35.4 Å². The molecule has 2 aliphatic rings. The van der Waals surface area contributed by atoms with Crippen LogP contribution in [0.4, 0.5) is 4.39 Å². The molecular formula is C19H24ClFN6O2S. The lowest BCUT2D eigenvalue weighted by atomic mass is 10.2. The Bertz CT molecular complexity index is 850. The van der Waals surface area contributed by atoms with Crippen molar-refractivity contribution >= 4 is 29.3 Å². The van der Waals surface area contributed by atoms with Gasteiger partial charge in [0.1, 0.15) is 5.82 Å². The third-order valence-corrected chi connectivity index (χ3v) is 6.69. The van der Waals surface area contributed by atoms with Crippen LogP contribution < -0.4 is 0 Å². The number of benzene rings is 1. The molecule has 4 rings (SSSR count). The molecule has 1 atom stereocenters. The Balaban J connectivity index is 1.24. The van der Waals surface area contributed by atoms with Crippen LogP contribution in [0.25, 0.3) is 0 Å². The maximum Gasteiger partial charge on any atom is 0.233 e. The van der Waals surface area contributed by atoms with E-state index in [-0.39, 0.29) is 23.6 Å². The molecule has 2 saturated heterocycles. The van der Waals surface area contributed by atoms with E-state index in [1.165, 1.54) is 17.8 Å². The van der Waals surface area contributed by atoms with Gasteiger partial charge in [-0.3, -0.25) is 9.69 Å². The van der Waals surface area contributed by atoms with E-state index < -0.39 is 0 Å². The molecule has 1 aromatic carbocycles. The van der Waals surface area contributed by atoms with E-state index in [1.54, 1.807) is 16.8 Å². The fraction of sp³-hybridized carbons (Fsp3) is 0.579. The number of ether oxygens (including phenoxy) is 1. The summed E-state index contributed by atoms with van der Waals surface area (Å²) in [7, 11) is 0. The van der Waals surface area contributed by atoms with Crippen molar-refractivity contribution < 1.29 is 13.9 Å². The van der Waals surface area contributed by atoms with Crippen molar-refractivity contribution in [2.45, 2.75) is 37.2 Å². The highest BCUT2D eigenvalue weighted by atomic mass is 35.5. The van der Waals surface area contributed by atoms with Crippen LogP contribution in [-0.4, -0.2) is 80.6 Å². The summed E-state index contributed by atoms with van der Waals surface area (Å²) >= 11 is 7.47. The summed E-state index contributed by atoms with van der Waals surface area (Å²) in [5.41, 5.74) is 0.507. The molecule has 0 spiro atoms. The highest BCUT2D eigenvalue weighted by Gasteiger charge is 2.24. The van der Waals surface area contributed by atoms with Crippen molar-refractivity contribution in [2.24, 2.45) is 0 Å². The number of nitrogens with zero attached hydrogens (tertiary/aromatic N) is 6. The molecule has 0 radical (unpaired) electrons. The Labute approximate surface area is 183 Å². The van der Waals surface area contributed by atoms with Crippen molar-refractivity contribution in [3.8, 4) is 0 Å². The first-order valence-corrected chi connectivity index (χ1v) is 11.4. The van der Waals surface area contributed by atoms with Crippen LogP contribution in [0.5, 0.6) is 0 Å². The Hall–Kier alpha value is -1.75. The number of amides is 1. The minimum atomic E-state index is -0.293. The van der Waals surface area contributed by atoms with Gasteiger partial charge in [-0.1, -0.05) is 29.4 Å². The molecule has 0 N–H and O–H groups in total. The zero-order chi connectivity index (χ0) is 20.9. The van der Waals surface area contributed by atoms with E-state index in [0.717, 1.165) is 19.4 Å². The van der Waals surface area contributed by atoms with Crippen molar-refractivity contribution in [3.05, 3.63) is 34.6 Å². The van der Waals surface area contributed by atoms with Crippen LogP contribution in [0.3, 0.4) is 0 Å². The molecule has 2 aliphatic heterocycles. The summed E-state index contributed by atoms with van der Waals surface area (Å²) < 4.78 is 21.3. The number of rotatable bonds is 7. The van der Waals surface area contributed by atoms with Crippen LogP contribution in [0, 0.1) is 5.82 Å². The van der Waals surface area contributed by atoms with E-state index in [1.807, 2.05) is 4.90 Å². The summed E-state index contributed by atoms with van der Waals surface area (Å²) in [6, 6.07) is 4.72. The molecular weight excluding hydrogens is 431 g/mol. The van der Waals surface area contributed by atoms with Gasteiger partial charge >= 0.3 is 0 Å². The molecule has 2 fully saturated rings. The van der Waals surface area contributed by atoms with Gasteiger partial charge < -0.3 is 9.64 Å². The average Bonchev–Trinajstić information content (AvgIpc) is 3.42. The molecule has 3 heterocycles. The number of aromatic nitrogens is 4. The van der Waals surface area contributed by atoms with Gasteiger partial charge in [0.25, 0.3) is 0 Å². The molecule has 8 nitrogen and oxygen atoms in total. The summed E-state index contributed by atoms with van der Waals surface area (Å²) in [5.74, 6) is 0.0405. The van der Waals surface area contributed by atoms with E-state index >= 15 is 0 Å². The Morgan fingerprint density at radius 3 is 2.87 bits per heavy atom. The van der Waals surface area contributed by atoms with Crippen molar-refractivity contribution in [3.63, 3.8) is 0 Å². The van der Waals surface area contributed by atoms with Crippen LogP contribution in [0.2, 0.25) is 5.02 Å². The van der Waals surface area contributed by atoms with Gasteiger partial charge in [0.05, 0.1) is 18.4 Å². The van der Waals surface area contributed by atoms with Crippen molar-refractivity contribution in [2.75, 3.05) is 38.5 Å². The SMILES string of the molecule is O=C(CSc1nnnn1CC1CCCO1)N1CCN(Cc2c(F)cccc2Cl)CC1. The van der Waals surface area contributed by atoms with Crippen LogP contribution in [0.15, 0.2) is 23.4 Å². The number of hydrogen-bond donors (Lipinski definition) is 0. The number of carbonyl (C=O) groups is 1. The molecule has 0 aliphatic carbocycles. The third-order valence-electron chi connectivity index (χ3n) is 5.39. The zero-order valence-electron chi connectivity index (χ0n) is 16.5. The molecule has 0 saturated carbocycles. The first-order valence-electron chi connectivity index (χ1n) is 10.0. The van der Waals surface area contributed by atoms with E-state index in [4.69, 9.17) is 16.3 Å². The van der Waals surface area contributed by atoms with Crippen molar-refractivity contribution in [1.29, 1.82) is 0 Å². The normalized spacial score (nSPS) is 20.1. The highest BCUT2D eigenvalue weighted by Crippen LogP contribution is 2.22. The predicted molar refractivity (Wildman–Crippen MR) is 111 cm³/mol. The fourth-order valence-electron chi connectivity index (χ4n) is 3.68. The number of thioether (sulfide) groups is 1. The van der Waals surface area contributed by atoms with Crippen LogP contribution in [0.1, 0.15) is 18.4 Å². The van der Waals surface area contributed by atoms with Gasteiger partial charge in [0, 0.05) is 49.9 Å². The third kappa shape index (κ3) is 5.29. The Morgan fingerprint density at radius 2 is 2.13 bits per heavy atom. The lowest BCUT2D eigenvalue weighted by Gasteiger charge is -2.34. The molecule has 1 unspecified atom stereocenters. The van der Waals surface area contributed by atoms with Crippen LogP contribution >= 0.6 is 23.4 Å². The topological polar surface area (TPSA) is 76.4 Å². The minimum absolute atomic E-state index is 0.0511. The van der Waals surface area contributed by atoms with Crippen molar-refractivity contribution in [1.82, 2.24) is 30.0 Å². The maximum absolute atomic E-state index is 14.0. The first kappa shape index (κ1) is 21.5. The number of carbonyl (C=O) groups excluding carboxylic acids is 1. The Morgan fingerprint density at radius 1 is 1.30 bits per heavy atom. The molecule has 11 heteroatoms. The molecule has 162 valence electrons. The monoisotopic (exact) mass is 454 g/mol. The second-order valence-corrected chi connectivity index (χ2v) is 8.77. The number of tetrazole rings is 1. The second-order valence-electron chi connectivity index (χ2n) is 7.42. The number of piperazine rings is 1. The molecule has 0 bridgehead atoms. The summed E-state index contributed by atoms with van der Waals surface area (Å²) in [6.45, 7) is 4.40. The highest BCUT2D eigenvalue weighted by molar-refractivity contribution is 7.99. The molecule has 30 heavy (non-hydrogen) atoms. The van der Waals surface area contributed by atoms with Gasteiger partial charge in [-0.25, -0.2) is 9.07 Å². The number of halogens is 2. The quantitative estimate of drug-likeness (QED) is 0.593. The molecule has 1 amide bonds. The van der Waals surface area contributed by atoms with Gasteiger partial charge in [0.2, 0.25) is 11.1 Å². The van der Waals surface area contributed by atoms with E-state index in [9.17, 15) is 9.18 Å². The fourth-order valence-corrected chi connectivity index (χ4v) is 4.69. The number of hydrogen-bond acceptors (Lipinski definition) is 7. The minimum Gasteiger partial charge on any atom is -0.376 e.